The molecule has 0 aliphatic heterocycles. The number of benzene rings is 2. The van der Waals surface area contributed by atoms with Crippen molar-refractivity contribution in [2.75, 3.05) is 28.4 Å². The Bertz CT molecular complexity index is 2840. The third-order valence-corrected chi connectivity index (χ3v) is 17.9. The second-order valence-corrected chi connectivity index (χ2v) is 22.4. The van der Waals surface area contributed by atoms with E-state index in [0.717, 1.165) is 24.3 Å². The molecular weight excluding hydrogens is 999 g/mol. The monoisotopic (exact) mass is 1050 g/mol. The van der Waals surface area contributed by atoms with E-state index in [1.165, 1.54) is 77.5 Å². The maximum Gasteiger partial charge on any atom is 0.417 e. The molecule has 0 spiro atoms. The fourth-order valence-corrected chi connectivity index (χ4v) is 13.0. The maximum atomic E-state index is 14.1. The summed E-state index contributed by atoms with van der Waals surface area (Å²) in [4.78, 5) is 31.7. The van der Waals surface area contributed by atoms with Crippen LogP contribution in [0.4, 0.5) is 26.3 Å². The van der Waals surface area contributed by atoms with E-state index in [-0.39, 0.29) is 36.8 Å². The van der Waals surface area contributed by atoms with Gasteiger partial charge < -0.3 is 29.6 Å². The molecule has 4 saturated carbocycles. The predicted octanol–water partition coefficient (Wildman–Crippen LogP) is 7.03. The number of carbonyl (C=O) groups is 2. The van der Waals surface area contributed by atoms with Crippen molar-refractivity contribution in [1.29, 1.82) is 10.5 Å². The lowest BCUT2D eigenvalue weighted by atomic mass is 10.0. The SMILES string of the molecule is COc1cncc(-c2ccc(S(=O)(=O)[C@@H]3C[C@H](OC)[C@@H](C(=O)NC4(C#N)CC4)C3)c(C(F)(F)F)c2)c1.COc1cncc(-c2ccc(S(=O)(=O)[C@H]3C[C@@H](OC)[C@H](C(=O)NC4(C#N)CC4)C3)c(C(F)(F)F)c2)c1. The highest BCUT2D eigenvalue weighted by molar-refractivity contribution is 7.92. The van der Waals surface area contributed by atoms with E-state index >= 15 is 0 Å². The number of ether oxygens (including phenoxy) is 4. The highest BCUT2D eigenvalue weighted by Crippen LogP contribution is 2.45. The number of rotatable bonds is 14. The molecule has 2 aromatic heterocycles. The molecule has 0 bridgehead atoms. The molecule has 4 fully saturated rings. The van der Waals surface area contributed by atoms with Crippen LogP contribution in [-0.2, 0) is 51.1 Å². The van der Waals surface area contributed by atoms with Crippen molar-refractivity contribution in [2.45, 2.75) is 107 Å². The number of methoxy groups -OCH3 is 4. The van der Waals surface area contributed by atoms with Crippen LogP contribution < -0.4 is 20.1 Å². The Morgan fingerprint density at radius 3 is 1.24 bits per heavy atom. The quantitative estimate of drug-likeness (QED) is 0.121. The number of sulfone groups is 2. The van der Waals surface area contributed by atoms with Crippen molar-refractivity contribution in [2.24, 2.45) is 11.8 Å². The van der Waals surface area contributed by atoms with E-state index in [1.807, 2.05) is 12.1 Å². The van der Waals surface area contributed by atoms with Crippen LogP contribution in [-0.4, -0.2) is 101 Å². The average Bonchev–Trinajstić information content (AvgIpc) is 4.21. The molecule has 4 aromatic rings. The second-order valence-electron chi connectivity index (χ2n) is 18.0. The van der Waals surface area contributed by atoms with Gasteiger partial charge in [-0.3, -0.25) is 19.6 Å². The van der Waals surface area contributed by atoms with Gasteiger partial charge in [-0.15, -0.1) is 0 Å². The van der Waals surface area contributed by atoms with Crippen molar-refractivity contribution in [1.82, 2.24) is 20.6 Å². The Labute approximate surface area is 410 Å². The zero-order chi connectivity index (χ0) is 52.6. The number of amides is 2. The minimum absolute atomic E-state index is 0.123. The summed E-state index contributed by atoms with van der Waals surface area (Å²) in [7, 11) is -3.57. The molecule has 2 heterocycles. The second kappa shape index (κ2) is 20.3. The van der Waals surface area contributed by atoms with Gasteiger partial charge in [-0.25, -0.2) is 16.8 Å². The van der Waals surface area contributed by atoms with Crippen LogP contribution in [0.25, 0.3) is 22.3 Å². The number of pyridine rings is 2. The minimum atomic E-state index is -4.95. The first-order valence-electron chi connectivity index (χ1n) is 22.3. The lowest BCUT2D eigenvalue weighted by Gasteiger charge is -2.19. The Morgan fingerprint density at radius 1 is 0.583 bits per heavy atom. The number of hydrogen-bond acceptors (Lipinski definition) is 14. The summed E-state index contributed by atoms with van der Waals surface area (Å²) in [5.74, 6) is -2.20. The minimum Gasteiger partial charge on any atom is -0.495 e. The summed E-state index contributed by atoms with van der Waals surface area (Å²) in [6.45, 7) is 0. The molecule has 0 unspecified atom stereocenters. The molecule has 8 rings (SSSR count). The van der Waals surface area contributed by atoms with Crippen LogP contribution in [0.3, 0.4) is 0 Å². The molecule has 4 aliphatic rings. The summed E-state index contributed by atoms with van der Waals surface area (Å²) >= 11 is 0. The fraction of sp³-hybridized carbons (Fsp3) is 0.458. The lowest BCUT2D eigenvalue weighted by Crippen LogP contribution is -2.42. The van der Waals surface area contributed by atoms with Crippen LogP contribution in [0, 0.1) is 34.5 Å². The van der Waals surface area contributed by atoms with Crippen LogP contribution in [0.5, 0.6) is 11.5 Å². The van der Waals surface area contributed by atoms with E-state index in [2.05, 4.69) is 20.6 Å². The van der Waals surface area contributed by atoms with E-state index in [1.54, 1.807) is 0 Å². The average molecular weight is 1050 g/mol. The molecule has 0 radical (unpaired) electrons. The Morgan fingerprint density at radius 2 is 0.944 bits per heavy atom. The Kier molecular flexibility index (Phi) is 15.1. The van der Waals surface area contributed by atoms with Crippen molar-refractivity contribution in [3.8, 4) is 45.9 Å². The van der Waals surface area contributed by atoms with Crippen LogP contribution in [0.1, 0.15) is 62.5 Å². The van der Waals surface area contributed by atoms with Crippen molar-refractivity contribution in [3.63, 3.8) is 0 Å². The Hall–Kier alpha value is -6.34. The molecule has 4 aliphatic carbocycles. The van der Waals surface area contributed by atoms with Gasteiger partial charge in [-0.05, 0) is 98.9 Å². The molecule has 24 heteroatoms. The summed E-state index contributed by atoms with van der Waals surface area (Å²) in [6.07, 6.45) is -4.78. The first-order chi connectivity index (χ1) is 33.9. The molecule has 6 atom stereocenters. The number of aromatic nitrogens is 2. The molecule has 2 aromatic carbocycles. The van der Waals surface area contributed by atoms with Gasteiger partial charge in [0, 0.05) is 37.7 Å². The predicted molar refractivity (Wildman–Crippen MR) is 243 cm³/mol. The first-order valence-corrected chi connectivity index (χ1v) is 25.4. The molecule has 72 heavy (non-hydrogen) atoms. The van der Waals surface area contributed by atoms with Gasteiger partial charge in [0.2, 0.25) is 11.8 Å². The summed E-state index contributed by atoms with van der Waals surface area (Å²) in [6, 6.07) is 13.1. The molecule has 384 valence electrons. The van der Waals surface area contributed by atoms with E-state index in [0.29, 0.717) is 48.3 Å². The van der Waals surface area contributed by atoms with Crippen molar-refractivity contribution in [3.05, 3.63) is 84.4 Å². The standard InChI is InChI=1S/2C24H24F3N3O5S/c2*1-34-16-7-15(11-29-12-16)14-3-4-21(19(8-14)24(25,26)27)36(32,33)17-9-18(20(10-17)35-2)22(31)30-23(13-28)5-6-23/h2*3-4,7-8,11-12,17-18,20H,5-6,9-10H2,1-2H3,(H,30,31)/t2*17-,18-,20-/m10/s1. The highest BCUT2D eigenvalue weighted by Gasteiger charge is 2.53. The number of nitrogens with zero attached hydrogens (tertiary/aromatic N) is 4. The number of carbonyl (C=O) groups excluding carboxylic acids is 2. The van der Waals surface area contributed by atoms with Gasteiger partial charge in [-0.1, -0.05) is 12.1 Å². The zero-order valence-corrected chi connectivity index (χ0v) is 40.6. The molecule has 16 nitrogen and oxygen atoms in total. The zero-order valence-electron chi connectivity index (χ0n) is 39.0. The highest BCUT2D eigenvalue weighted by atomic mass is 32.2. The van der Waals surface area contributed by atoms with Gasteiger partial charge in [0.1, 0.15) is 22.6 Å². The third kappa shape index (κ3) is 11.2. The van der Waals surface area contributed by atoms with Gasteiger partial charge in [0.05, 0.1) is 94.2 Å². The number of halogens is 6. The largest absolute Gasteiger partial charge is 0.495 e. The smallest absolute Gasteiger partial charge is 0.417 e. The Balaban J connectivity index is 0.000000211. The summed E-state index contributed by atoms with van der Waals surface area (Å²) in [5.41, 5.74) is -3.62. The number of hydrogen-bond donors (Lipinski definition) is 2. The third-order valence-electron chi connectivity index (χ3n) is 13.5. The van der Waals surface area contributed by atoms with Crippen LogP contribution in [0.15, 0.2) is 83.1 Å². The maximum absolute atomic E-state index is 14.1. The van der Waals surface area contributed by atoms with E-state index in [9.17, 15) is 63.3 Å². The topological polar surface area (TPSA) is 237 Å². The van der Waals surface area contributed by atoms with Gasteiger partial charge in [-0.2, -0.15) is 36.9 Å². The summed E-state index contributed by atoms with van der Waals surface area (Å²) in [5, 5.41) is 21.2. The first kappa shape index (κ1) is 53.5. The lowest BCUT2D eigenvalue weighted by molar-refractivity contribution is -0.140. The molecular formula is C48H48F6N6O10S2. The van der Waals surface area contributed by atoms with Crippen molar-refractivity contribution >= 4 is 31.5 Å². The number of nitrogens with one attached hydrogen (secondary N) is 2. The molecule has 2 amide bonds. The van der Waals surface area contributed by atoms with Crippen molar-refractivity contribution < 1.29 is 71.7 Å². The fourth-order valence-electron chi connectivity index (χ4n) is 9.02. The van der Waals surface area contributed by atoms with Gasteiger partial charge >= 0.3 is 12.4 Å². The van der Waals surface area contributed by atoms with Crippen LogP contribution in [0.2, 0.25) is 0 Å². The van der Waals surface area contributed by atoms with Crippen LogP contribution >= 0.6 is 0 Å². The van der Waals surface area contributed by atoms with Gasteiger partial charge in [0.25, 0.3) is 0 Å². The number of nitriles is 2. The normalized spacial score (nSPS) is 23.1. The molecule has 2 N–H and O–H groups in total. The van der Waals surface area contributed by atoms with E-state index < -0.39 is 110 Å². The van der Waals surface area contributed by atoms with E-state index in [4.69, 9.17) is 18.9 Å². The molecule has 0 saturated heterocycles. The summed E-state index contributed by atoms with van der Waals surface area (Å²) < 4.78 is 159. The number of alkyl halides is 6. The van der Waals surface area contributed by atoms with Gasteiger partial charge in [0.15, 0.2) is 19.7 Å².